The van der Waals surface area contributed by atoms with Crippen LogP contribution >= 0.6 is 23.4 Å². The number of thioether (sulfide) groups is 1. The van der Waals surface area contributed by atoms with Crippen LogP contribution in [-0.2, 0) is 9.53 Å². The number of esters is 1. The van der Waals surface area contributed by atoms with E-state index in [9.17, 15) is 4.79 Å². The highest BCUT2D eigenvalue weighted by molar-refractivity contribution is 8.00. The molecule has 0 spiro atoms. The first kappa shape index (κ1) is 16.7. The lowest BCUT2D eigenvalue weighted by Gasteiger charge is -2.10. The quantitative estimate of drug-likeness (QED) is 0.393. The molecule has 2 heterocycles. The van der Waals surface area contributed by atoms with Gasteiger partial charge in [-0.3, -0.25) is 4.79 Å². The summed E-state index contributed by atoms with van der Waals surface area (Å²) < 4.78 is 6.75. The summed E-state index contributed by atoms with van der Waals surface area (Å²) in [6.07, 6.45) is 3.17. The molecule has 3 rings (SSSR count). The van der Waals surface area contributed by atoms with Crippen molar-refractivity contribution in [2.75, 3.05) is 6.61 Å². The van der Waals surface area contributed by atoms with E-state index in [1.165, 1.54) is 18.1 Å². The van der Waals surface area contributed by atoms with Crippen LogP contribution in [0.4, 0.5) is 0 Å². The zero-order valence-electron chi connectivity index (χ0n) is 13.1. The number of hydrogen-bond acceptors (Lipinski definition) is 6. The van der Waals surface area contributed by atoms with Crippen molar-refractivity contribution in [1.29, 1.82) is 0 Å². The lowest BCUT2D eigenvalue weighted by atomic mass is 10.3. The van der Waals surface area contributed by atoms with Crippen molar-refractivity contribution in [1.82, 2.24) is 19.7 Å². The van der Waals surface area contributed by atoms with Gasteiger partial charge in [0.2, 0.25) is 0 Å². The van der Waals surface area contributed by atoms with Gasteiger partial charge in [0.25, 0.3) is 0 Å². The molecule has 0 aliphatic rings. The van der Waals surface area contributed by atoms with Crippen molar-refractivity contribution >= 4 is 40.4 Å². The highest BCUT2D eigenvalue weighted by Crippen LogP contribution is 2.29. The third kappa shape index (κ3) is 3.37. The van der Waals surface area contributed by atoms with E-state index >= 15 is 0 Å². The van der Waals surface area contributed by atoms with Crippen LogP contribution in [0.3, 0.4) is 0 Å². The van der Waals surface area contributed by atoms with Gasteiger partial charge in [0.1, 0.15) is 16.6 Å². The zero-order chi connectivity index (χ0) is 17.1. The van der Waals surface area contributed by atoms with Crippen LogP contribution < -0.4 is 0 Å². The highest BCUT2D eigenvalue weighted by atomic mass is 35.5. The smallest absolute Gasteiger partial charge is 0.319 e. The van der Waals surface area contributed by atoms with Crippen LogP contribution in [0.1, 0.15) is 13.8 Å². The molecule has 0 radical (unpaired) electrons. The van der Waals surface area contributed by atoms with Crippen molar-refractivity contribution in [3.05, 3.63) is 41.8 Å². The van der Waals surface area contributed by atoms with Gasteiger partial charge >= 0.3 is 5.97 Å². The summed E-state index contributed by atoms with van der Waals surface area (Å²) in [5, 5.41) is 6.16. The zero-order valence-corrected chi connectivity index (χ0v) is 14.7. The van der Waals surface area contributed by atoms with Gasteiger partial charge in [0.05, 0.1) is 23.9 Å². The summed E-state index contributed by atoms with van der Waals surface area (Å²) in [5.74, 6) is -0.264. The van der Waals surface area contributed by atoms with E-state index in [2.05, 4.69) is 15.1 Å². The van der Waals surface area contributed by atoms with E-state index in [-0.39, 0.29) is 11.2 Å². The molecule has 6 nitrogen and oxygen atoms in total. The highest BCUT2D eigenvalue weighted by Gasteiger charge is 2.19. The Balaban J connectivity index is 1.94. The standard InChI is InChI=1S/C16H15ClN4O2S/c1-3-23-16(22)10(2)24-15-13-8-20-21(14(13)18-9-19-15)12-6-4-11(17)5-7-12/h4-10H,3H2,1-2H3/t10-/m1/s1. The largest absolute Gasteiger partial charge is 0.465 e. The first-order valence-corrected chi connectivity index (χ1v) is 8.64. The van der Waals surface area contributed by atoms with E-state index in [4.69, 9.17) is 16.3 Å². The van der Waals surface area contributed by atoms with Gasteiger partial charge in [-0.2, -0.15) is 5.10 Å². The summed E-state index contributed by atoms with van der Waals surface area (Å²) in [5.41, 5.74) is 1.52. The minimum atomic E-state index is -0.359. The van der Waals surface area contributed by atoms with Gasteiger partial charge in [-0.05, 0) is 38.1 Å². The first-order chi connectivity index (χ1) is 11.6. The van der Waals surface area contributed by atoms with Crippen LogP contribution in [0, 0.1) is 0 Å². The number of aromatic nitrogens is 4. The first-order valence-electron chi connectivity index (χ1n) is 7.38. The fourth-order valence-electron chi connectivity index (χ4n) is 2.16. The average molecular weight is 363 g/mol. The molecule has 0 saturated carbocycles. The molecule has 0 bridgehead atoms. The number of hydrogen-bond donors (Lipinski definition) is 0. The maximum absolute atomic E-state index is 11.8. The summed E-state index contributed by atoms with van der Waals surface area (Å²) in [4.78, 5) is 20.4. The van der Waals surface area contributed by atoms with Gasteiger partial charge in [0, 0.05) is 5.02 Å². The monoisotopic (exact) mass is 362 g/mol. The molecule has 0 saturated heterocycles. The fraction of sp³-hybridized carbons (Fsp3) is 0.250. The summed E-state index contributed by atoms with van der Waals surface area (Å²) in [6, 6.07) is 7.32. The average Bonchev–Trinajstić information content (AvgIpc) is 3.01. The lowest BCUT2D eigenvalue weighted by molar-refractivity contribution is -0.142. The Morgan fingerprint density at radius 3 is 2.79 bits per heavy atom. The summed E-state index contributed by atoms with van der Waals surface area (Å²) in [7, 11) is 0. The Morgan fingerprint density at radius 2 is 2.08 bits per heavy atom. The predicted octanol–water partition coefficient (Wildman–Crippen LogP) is 3.51. The second kappa shape index (κ2) is 7.19. The normalized spacial score (nSPS) is 12.3. The van der Waals surface area contributed by atoms with E-state index < -0.39 is 0 Å². The topological polar surface area (TPSA) is 69.9 Å². The lowest BCUT2D eigenvalue weighted by Crippen LogP contribution is -2.16. The molecular weight excluding hydrogens is 348 g/mol. The van der Waals surface area contributed by atoms with E-state index in [0.717, 1.165) is 11.1 Å². The number of benzene rings is 1. The number of nitrogens with zero attached hydrogens (tertiary/aromatic N) is 4. The minimum absolute atomic E-state index is 0.264. The third-order valence-corrected chi connectivity index (χ3v) is 4.65. The molecule has 1 aromatic carbocycles. The maximum atomic E-state index is 11.8. The van der Waals surface area contributed by atoms with Crippen LogP contribution in [0.2, 0.25) is 5.02 Å². The van der Waals surface area contributed by atoms with Gasteiger partial charge in [0.15, 0.2) is 5.65 Å². The van der Waals surface area contributed by atoms with Crippen LogP contribution in [0.15, 0.2) is 41.8 Å². The third-order valence-electron chi connectivity index (χ3n) is 3.31. The van der Waals surface area contributed by atoms with Gasteiger partial charge in [-0.15, -0.1) is 0 Å². The number of carbonyl (C=O) groups is 1. The van der Waals surface area contributed by atoms with Gasteiger partial charge < -0.3 is 4.74 Å². The van der Waals surface area contributed by atoms with Crippen molar-refractivity contribution in [2.24, 2.45) is 0 Å². The second-order valence-electron chi connectivity index (χ2n) is 4.96. The SMILES string of the molecule is CCOC(=O)[C@@H](C)Sc1ncnc2c1cnn2-c1ccc(Cl)cc1. The Bertz CT molecular complexity index is 866. The Hall–Kier alpha value is -2.12. The molecule has 0 aliphatic carbocycles. The number of halogens is 1. The van der Waals surface area contributed by atoms with Crippen molar-refractivity contribution in [3.63, 3.8) is 0 Å². The molecule has 0 unspecified atom stereocenters. The number of ether oxygens (including phenoxy) is 1. The van der Waals surface area contributed by atoms with Crippen molar-refractivity contribution < 1.29 is 9.53 Å². The molecule has 0 aliphatic heterocycles. The maximum Gasteiger partial charge on any atom is 0.319 e. The number of rotatable bonds is 5. The second-order valence-corrected chi connectivity index (χ2v) is 6.73. The van der Waals surface area contributed by atoms with Gasteiger partial charge in [-0.25, -0.2) is 14.6 Å². The number of fused-ring (bicyclic) bond motifs is 1. The number of carbonyl (C=O) groups excluding carboxylic acids is 1. The molecule has 0 fully saturated rings. The molecule has 0 amide bonds. The Labute approximate surface area is 148 Å². The molecule has 8 heteroatoms. The van der Waals surface area contributed by atoms with Crippen LogP contribution in [0.25, 0.3) is 16.7 Å². The van der Waals surface area contributed by atoms with Crippen LogP contribution in [0.5, 0.6) is 0 Å². The van der Waals surface area contributed by atoms with Crippen molar-refractivity contribution in [2.45, 2.75) is 24.1 Å². The molecule has 24 heavy (non-hydrogen) atoms. The molecule has 124 valence electrons. The summed E-state index contributed by atoms with van der Waals surface area (Å²) in [6.45, 7) is 3.94. The van der Waals surface area contributed by atoms with E-state index in [1.54, 1.807) is 36.9 Å². The molecule has 2 aromatic heterocycles. The molecular formula is C16H15ClN4O2S. The van der Waals surface area contributed by atoms with E-state index in [0.29, 0.717) is 22.3 Å². The predicted molar refractivity (Wildman–Crippen MR) is 93.6 cm³/mol. The molecule has 0 N–H and O–H groups in total. The van der Waals surface area contributed by atoms with Crippen LogP contribution in [-0.4, -0.2) is 37.6 Å². The fourth-order valence-corrected chi connectivity index (χ4v) is 3.17. The van der Waals surface area contributed by atoms with Crippen molar-refractivity contribution in [3.8, 4) is 5.69 Å². The molecule has 1 atom stereocenters. The van der Waals surface area contributed by atoms with Gasteiger partial charge in [-0.1, -0.05) is 23.4 Å². The minimum Gasteiger partial charge on any atom is -0.465 e. The Kier molecular flexibility index (Phi) is 5.01. The summed E-state index contributed by atoms with van der Waals surface area (Å²) >= 11 is 7.26. The Morgan fingerprint density at radius 1 is 1.33 bits per heavy atom. The van der Waals surface area contributed by atoms with E-state index in [1.807, 2.05) is 12.1 Å². The molecule has 3 aromatic rings.